The Bertz CT molecular complexity index is 607. The van der Waals surface area contributed by atoms with Crippen LogP contribution < -0.4 is 5.32 Å². The number of hydrogen-bond donors (Lipinski definition) is 1. The summed E-state index contributed by atoms with van der Waals surface area (Å²) in [5.74, 6) is 0. The molecule has 0 aliphatic carbocycles. The maximum Gasteiger partial charge on any atom is 0.0949 e. The zero-order valence-corrected chi connectivity index (χ0v) is 13.7. The Balaban J connectivity index is 1.76. The van der Waals surface area contributed by atoms with Gasteiger partial charge in [-0.25, -0.2) is 0 Å². The summed E-state index contributed by atoms with van der Waals surface area (Å²) in [6.45, 7) is 4.79. The van der Waals surface area contributed by atoms with Crippen molar-refractivity contribution in [1.82, 2.24) is 10.3 Å². The highest BCUT2D eigenvalue weighted by atomic mass is 79.9. The number of nitrogens with one attached hydrogen (secondary N) is 1. The van der Waals surface area contributed by atoms with E-state index in [1.807, 2.05) is 12.3 Å². The zero-order chi connectivity index (χ0) is 14.7. The summed E-state index contributed by atoms with van der Waals surface area (Å²) < 4.78 is 6.82. The first-order valence-corrected chi connectivity index (χ1v) is 8.04. The Morgan fingerprint density at radius 1 is 1.33 bits per heavy atom. The Morgan fingerprint density at radius 3 is 2.90 bits per heavy atom. The third-order valence-corrected chi connectivity index (χ3v) is 4.30. The molecule has 21 heavy (non-hydrogen) atoms. The third-order valence-electron chi connectivity index (χ3n) is 3.83. The number of aromatic nitrogens is 1. The topological polar surface area (TPSA) is 34.1 Å². The highest BCUT2D eigenvalue weighted by Gasteiger charge is 2.16. The van der Waals surface area contributed by atoms with E-state index in [2.05, 4.69) is 57.4 Å². The molecule has 1 aromatic heterocycles. The van der Waals surface area contributed by atoms with Gasteiger partial charge in [-0.1, -0.05) is 18.2 Å². The predicted octanol–water partition coefficient (Wildman–Crippen LogP) is 3.40. The quantitative estimate of drug-likeness (QED) is 0.924. The molecule has 3 nitrogen and oxygen atoms in total. The molecule has 0 saturated carbocycles. The summed E-state index contributed by atoms with van der Waals surface area (Å²) in [6.07, 6.45) is 2.89. The van der Waals surface area contributed by atoms with Gasteiger partial charge >= 0.3 is 0 Å². The third kappa shape index (κ3) is 3.70. The van der Waals surface area contributed by atoms with Crippen LogP contribution in [-0.2, 0) is 11.2 Å². The molecule has 1 aliphatic heterocycles. The van der Waals surface area contributed by atoms with E-state index in [0.717, 1.165) is 36.3 Å². The molecule has 0 spiro atoms. The van der Waals surface area contributed by atoms with E-state index in [-0.39, 0.29) is 6.10 Å². The molecule has 1 N–H and O–H groups in total. The molecular formula is C17H19BrN2O. The molecule has 1 unspecified atom stereocenters. The van der Waals surface area contributed by atoms with E-state index in [4.69, 9.17) is 4.74 Å². The molecule has 4 heteroatoms. The monoisotopic (exact) mass is 346 g/mol. The lowest BCUT2D eigenvalue weighted by Crippen LogP contribution is -2.33. The second-order valence-corrected chi connectivity index (χ2v) is 6.31. The molecule has 0 radical (unpaired) electrons. The standard InChI is InChI=1S/C17H19BrN2O/c1-12-8-14(17-11-19-6-7-21-17)3-2-13(12)9-16-5-4-15(18)10-20-16/h2-5,8,10,17,19H,6-7,9,11H2,1H3. The van der Waals surface area contributed by atoms with Crippen LogP contribution >= 0.6 is 15.9 Å². The van der Waals surface area contributed by atoms with E-state index in [1.54, 1.807) is 0 Å². The Hall–Kier alpha value is -1.23. The summed E-state index contributed by atoms with van der Waals surface area (Å²) in [4.78, 5) is 4.45. The van der Waals surface area contributed by atoms with Gasteiger partial charge in [0, 0.05) is 35.9 Å². The summed E-state index contributed by atoms with van der Waals surface area (Å²) in [5.41, 5.74) is 4.96. The molecule has 2 heterocycles. The Kier molecular flexibility index (Phi) is 4.68. The van der Waals surface area contributed by atoms with Crippen molar-refractivity contribution in [3.05, 3.63) is 63.4 Å². The van der Waals surface area contributed by atoms with Crippen molar-refractivity contribution in [1.29, 1.82) is 0 Å². The fraction of sp³-hybridized carbons (Fsp3) is 0.353. The van der Waals surface area contributed by atoms with Crippen molar-refractivity contribution in [2.24, 2.45) is 0 Å². The molecule has 3 rings (SSSR count). The number of pyridine rings is 1. The van der Waals surface area contributed by atoms with Crippen LogP contribution in [0.3, 0.4) is 0 Å². The fourth-order valence-electron chi connectivity index (χ4n) is 2.60. The number of nitrogens with zero attached hydrogens (tertiary/aromatic N) is 1. The van der Waals surface area contributed by atoms with Crippen LogP contribution in [-0.4, -0.2) is 24.7 Å². The number of rotatable bonds is 3. The lowest BCUT2D eigenvalue weighted by Gasteiger charge is -2.24. The molecular weight excluding hydrogens is 328 g/mol. The average molecular weight is 347 g/mol. The van der Waals surface area contributed by atoms with E-state index in [0.29, 0.717) is 0 Å². The van der Waals surface area contributed by atoms with Gasteiger partial charge in [-0.15, -0.1) is 0 Å². The van der Waals surface area contributed by atoms with Gasteiger partial charge in [0.1, 0.15) is 0 Å². The maximum atomic E-state index is 5.81. The smallest absolute Gasteiger partial charge is 0.0949 e. The van der Waals surface area contributed by atoms with E-state index in [1.165, 1.54) is 16.7 Å². The van der Waals surface area contributed by atoms with Crippen LogP contribution in [0.25, 0.3) is 0 Å². The molecule has 0 amide bonds. The van der Waals surface area contributed by atoms with E-state index >= 15 is 0 Å². The van der Waals surface area contributed by atoms with Gasteiger partial charge in [0.25, 0.3) is 0 Å². The number of morpholine rings is 1. The number of benzene rings is 1. The van der Waals surface area contributed by atoms with Crippen molar-refractivity contribution >= 4 is 15.9 Å². The van der Waals surface area contributed by atoms with Crippen LogP contribution in [0.5, 0.6) is 0 Å². The van der Waals surface area contributed by atoms with Gasteiger partial charge in [0.2, 0.25) is 0 Å². The van der Waals surface area contributed by atoms with Crippen molar-refractivity contribution in [2.45, 2.75) is 19.4 Å². The van der Waals surface area contributed by atoms with Gasteiger partial charge in [-0.2, -0.15) is 0 Å². The van der Waals surface area contributed by atoms with Gasteiger partial charge in [-0.05, 0) is 51.7 Å². The second kappa shape index (κ2) is 6.69. The highest BCUT2D eigenvalue weighted by molar-refractivity contribution is 9.10. The number of aryl methyl sites for hydroxylation is 1. The normalized spacial score (nSPS) is 18.7. The number of halogens is 1. The van der Waals surface area contributed by atoms with Crippen molar-refractivity contribution in [3.63, 3.8) is 0 Å². The minimum absolute atomic E-state index is 0.178. The van der Waals surface area contributed by atoms with E-state index in [9.17, 15) is 0 Å². The van der Waals surface area contributed by atoms with E-state index < -0.39 is 0 Å². The summed E-state index contributed by atoms with van der Waals surface area (Å²) >= 11 is 3.42. The Labute approximate surface area is 133 Å². The minimum atomic E-state index is 0.178. The highest BCUT2D eigenvalue weighted by Crippen LogP contribution is 2.23. The molecule has 1 aromatic carbocycles. The molecule has 2 aromatic rings. The first-order chi connectivity index (χ1) is 10.2. The number of ether oxygens (including phenoxy) is 1. The van der Waals surface area contributed by atoms with Crippen molar-refractivity contribution < 1.29 is 4.74 Å². The summed E-state index contributed by atoms with van der Waals surface area (Å²) in [6, 6.07) is 10.7. The van der Waals surface area contributed by atoms with Crippen LogP contribution in [0.4, 0.5) is 0 Å². The molecule has 1 aliphatic rings. The van der Waals surface area contributed by atoms with Crippen LogP contribution in [0.1, 0.15) is 28.5 Å². The van der Waals surface area contributed by atoms with Gasteiger partial charge in [0.05, 0.1) is 12.7 Å². The van der Waals surface area contributed by atoms with Gasteiger partial charge in [-0.3, -0.25) is 4.98 Å². The van der Waals surface area contributed by atoms with Crippen LogP contribution in [0.15, 0.2) is 41.0 Å². The van der Waals surface area contributed by atoms with Crippen molar-refractivity contribution in [3.8, 4) is 0 Å². The lowest BCUT2D eigenvalue weighted by atomic mass is 9.98. The molecule has 1 saturated heterocycles. The zero-order valence-electron chi connectivity index (χ0n) is 12.1. The van der Waals surface area contributed by atoms with Crippen molar-refractivity contribution in [2.75, 3.05) is 19.7 Å². The van der Waals surface area contributed by atoms with Gasteiger partial charge < -0.3 is 10.1 Å². The SMILES string of the molecule is Cc1cc(C2CNCCO2)ccc1Cc1ccc(Br)cn1. The van der Waals surface area contributed by atoms with Gasteiger partial charge in [0.15, 0.2) is 0 Å². The summed E-state index contributed by atoms with van der Waals surface area (Å²) in [5, 5.41) is 3.37. The minimum Gasteiger partial charge on any atom is -0.371 e. The molecule has 0 bridgehead atoms. The first kappa shape index (κ1) is 14.7. The average Bonchev–Trinajstić information content (AvgIpc) is 2.52. The molecule has 1 fully saturated rings. The van der Waals surface area contributed by atoms with Crippen LogP contribution in [0.2, 0.25) is 0 Å². The summed E-state index contributed by atoms with van der Waals surface area (Å²) in [7, 11) is 0. The Morgan fingerprint density at radius 2 is 2.24 bits per heavy atom. The fourth-order valence-corrected chi connectivity index (χ4v) is 2.84. The van der Waals surface area contributed by atoms with Crippen LogP contribution in [0, 0.1) is 6.92 Å². The molecule has 1 atom stereocenters. The largest absolute Gasteiger partial charge is 0.371 e. The first-order valence-electron chi connectivity index (χ1n) is 7.24. The molecule has 110 valence electrons. The second-order valence-electron chi connectivity index (χ2n) is 5.39. The number of hydrogen-bond acceptors (Lipinski definition) is 3. The lowest BCUT2D eigenvalue weighted by molar-refractivity contribution is 0.0276. The predicted molar refractivity (Wildman–Crippen MR) is 87.5 cm³/mol. The maximum absolute atomic E-state index is 5.81.